The SMILES string of the molecule is C[C@H](CCCCNC(=O)OCc1ccccc1)C(=O)O. The molecule has 0 unspecified atom stereocenters. The number of carboxylic acid groups (broad SMARTS) is 1. The second-order valence-corrected chi connectivity index (χ2v) is 4.72. The van der Waals surface area contributed by atoms with E-state index >= 15 is 0 Å². The number of nitrogens with one attached hydrogen (secondary N) is 1. The van der Waals surface area contributed by atoms with Gasteiger partial charge >= 0.3 is 12.1 Å². The number of hydrogen-bond donors (Lipinski definition) is 2. The Morgan fingerprint density at radius 3 is 2.60 bits per heavy atom. The summed E-state index contributed by atoms with van der Waals surface area (Å²) in [6, 6.07) is 9.46. The number of hydrogen-bond acceptors (Lipinski definition) is 3. The summed E-state index contributed by atoms with van der Waals surface area (Å²) >= 11 is 0. The Morgan fingerprint density at radius 1 is 1.25 bits per heavy atom. The van der Waals surface area contributed by atoms with Crippen LogP contribution in [0.3, 0.4) is 0 Å². The average molecular weight is 279 g/mol. The molecule has 0 bridgehead atoms. The fourth-order valence-corrected chi connectivity index (χ4v) is 1.66. The molecule has 5 heteroatoms. The summed E-state index contributed by atoms with van der Waals surface area (Å²) in [6.07, 6.45) is 1.70. The molecule has 5 nitrogen and oxygen atoms in total. The number of alkyl carbamates (subject to hydrolysis) is 1. The van der Waals surface area contributed by atoms with Gasteiger partial charge in [0.25, 0.3) is 0 Å². The first-order valence-electron chi connectivity index (χ1n) is 6.77. The van der Waals surface area contributed by atoms with Gasteiger partial charge < -0.3 is 15.2 Å². The van der Waals surface area contributed by atoms with Crippen molar-refractivity contribution in [2.24, 2.45) is 5.92 Å². The van der Waals surface area contributed by atoms with Gasteiger partial charge in [0.1, 0.15) is 6.61 Å². The van der Waals surface area contributed by atoms with Crippen molar-refractivity contribution >= 4 is 12.1 Å². The molecular weight excluding hydrogens is 258 g/mol. The van der Waals surface area contributed by atoms with Crippen molar-refractivity contribution in [3.05, 3.63) is 35.9 Å². The molecular formula is C15H21NO4. The van der Waals surface area contributed by atoms with Crippen LogP contribution in [0.25, 0.3) is 0 Å². The van der Waals surface area contributed by atoms with Crippen molar-refractivity contribution in [3.8, 4) is 0 Å². The fraction of sp³-hybridized carbons (Fsp3) is 0.467. The summed E-state index contributed by atoms with van der Waals surface area (Å²) in [6.45, 7) is 2.44. The molecule has 1 aromatic carbocycles. The van der Waals surface area contributed by atoms with Crippen molar-refractivity contribution in [2.75, 3.05) is 6.54 Å². The third kappa shape index (κ3) is 6.78. The lowest BCUT2D eigenvalue weighted by atomic mass is 10.0. The van der Waals surface area contributed by atoms with E-state index < -0.39 is 12.1 Å². The number of carboxylic acids is 1. The van der Waals surface area contributed by atoms with Crippen LogP contribution < -0.4 is 5.32 Å². The second-order valence-electron chi connectivity index (χ2n) is 4.72. The van der Waals surface area contributed by atoms with E-state index in [1.54, 1.807) is 6.92 Å². The molecule has 1 amide bonds. The molecule has 0 aliphatic rings. The zero-order valence-corrected chi connectivity index (χ0v) is 11.7. The number of carbonyl (C=O) groups is 2. The van der Waals surface area contributed by atoms with Crippen molar-refractivity contribution < 1.29 is 19.4 Å². The molecule has 0 aliphatic heterocycles. The fourth-order valence-electron chi connectivity index (χ4n) is 1.66. The summed E-state index contributed by atoms with van der Waals surface area (Å²) < 4.78 is 5.05. The highest BCUT2D eigenvalue weighted by Gasteiger charge is 2.09. The Balaban J connectivity index is 2.05. The Hall–Kier alpha value is -2.04. The highest BCUT2D eigenvalue weighted by atomic mass is 16.5. The summed E-state index contributed by atoms with van der Waals surface area (Å²) in [5.74, 6) is -1.11. The van der Waals surface area contributed by atoms with Crippen LogP contribution in [0.2, 0.25) is 0 Å². The predicted octanol–water partition coefficient (Wildman–Crippen LogP) is 2.80. The van der Waals surface area contributed by atoms with Crippen LogP contribution in [0.1, 0.15) is 31.7 Å². The molecule has 0 aliphatic carbocycles. The monoisotopic (exact) mass is 279 g/mol. The van der Waals surface area contributed by atoms with E-state index in [-0.39, 0.29) is 12.5 Å². The molecule has 0 fully saturated rings. The van der Waals surface area contributed by atoms with Gasteiger partial charge in [-0.05, 0) is 18.4 Å². The largest absolute Gasteiger partial charge is 0.481 e. The third-order valence-corrected chi connectivity index (χ3v) is 2.97. The van der Waals surface area contributed by atoms with E-state index in [2.05, 4.69) is 5.32 Å². The molecule has 0 saturated heterocycles. The molecule has 1 atom stereocenters. The maximum Gasteiger partial charge on any atom is 0.407 e. The quantitative estimate of drug-likeness (QED) is 0.717. The third-order valence-electron chi connectivity index (χ3n) is 2.97. The molecule has 0 aromatic heterocycles. The van der Waals surface area contributed by atoms with Gasteiger partial charge in [0.15, 0.2) is 0 Å². The van der Waals surface area contributed by atoms with Crippen LogP contribution in [-0.4, -0.2) is 23.7 Å². The van der Waals surface area contributed by atoms with E-state index in [0.717, 1.165) is 18.4 Å². The van der Waals surface area contributed by atoms with Gasteiger partial charge in [0.05, 0.1) is 5.92 Å². The number of benzene rings is 1. The van der Waals surface area contributed by atoms with Crippen LogP contribution in [0.4, 0.5) is 4.79 Å². The van der Waals surface area contributed by atoms with E-state index in [4.69, 9.17) is 9.84 Å². The van der Waals surface area contributed by atoms with Gasteiger partial charge in [-0.1, -0.05) is 43.7 Å². The Labute approximate surface area is 118 Å². The number of rotatable bonds is 8. The number of unbranched alkanes of at least 4 members (excludes halogenated alkanes) is 1. The number of aliphatic carboxylic acids is 1. The van der Waals surface area contributed by atoms with E-state index in [1.165, 1.54) is 0 Å². The molecule has 0 spiro atoms. The lowest BCUT2D eigenvalue weighted by molar-refractivity contribution is -0.141. The van der Waals surface area contributed by atoms with Gasteiger partial charge in [-0.3, -0.25) is 4.79 Å². The van der Waals surface area contributed by atoms with Gasteiger partial charge in [-0.2, -0.15) is 0 Å². The van der Waals surface area contributed by atoms with Gasteiger partial charge in [-0.25, -0.2) is 4.79 Å². The topological polar surface area (TPSA) is 75.6 Å². The van der Waals surface area contributed by atoms with E-state index in [9.17, 15) is 9.59 Å². The van der Waals surface area contributed by atoms with E-state index in [1.807, 2.05) is 30.3 Å². The minimum absolute atomic E-state index is 0.253. The second kappa shape index (κ2) is 8.96. The van der Waals surface area contributed by atoms with Crippen LogP contribution in [0, 0.1) is 5.92 Å². The maximum absolute atomic E-state index is 11.4. The van der Waals surface area contributed by atoms with Crippen molar-refractivity contribution in [2.45, 2.75) is 32.8 Å². The molecule has 0 saturated carbocycles. The minimum Gasteiger partial charge on any atom is -0.481 e. The Kier molecular flexibility index (Phi) is 7.17. The molecule has 1 aromatic rings. The first-order chi connectivity index (χ1) is 9.59. The smallest absolute Gasteiger partial charge is 0.407 e. The summed E-state index contributed by atoms with van der Waals surface area (Å²) in [5.41, 5.74) is 0.943. The van der Waals surface area contributed by atoms with Crippen LogP contribution >= 0.6 is 0 Å². The molecule has 0 radical (unpaired) electrons. The van der Waals surface area contributed by atoms with Crippen molar-refractivity contribution in [1.82, 2.24) is 5.32 Å². The summed E-state index contributed by atoms with van der Waals surface area (Å²) in [7, 11) is 0. The summed E-state index contributed by atoms with van der Waals surface area (Å²) in [4.78, 5) is 22.0. The van der Waals surface area contributed by atoms with Gasteiger partial charge in [0.2, 0.25) is 0 Å². The average Bonchev–Trinajstić information content (AvgIpc) is 2.45. The number of carbonyl (C=O) groups excluding carboxylic acids is 1. The lowest BCUT2D eigenvalue weighted by Crippen LogP contribution is -2.25. The van der Waals surface area contributed by atoms with Crippen LogP contribution in [0.5, 0.6) is 0 Å². The molecule has 2 N–H and O–H groups in total. The Morgan fingerprint density at radius 2 is 1.95 bits per heavy atom. The number of ether oxygens (including phenoxy) is 1. The zero-order chi connectivity index (χ0) is 14.8. The van der Waals surface area contributed by atoms with Crippen LogP contribution in [0.15, 0.2) is 30.3 Å². The normalized spacial score (nSPS) is 11.7. The molecule has 1 rings (SSSR count). The highest BCUT2D eigenvalue weighted by molar-refractivity contribution is 5.69. The predicted molar refractivity (Wildman–Crippen MR) is 75.3 cm³/mol. The first-order valence-corrected chi connectivity index (χ1v) is 6.77. The van der Waals surface area contributed by atoms with Gasteiger partial charge in [0, 0.05) is 6.54 Å². The molecule has 20 heavy (non-hydrogen) atoms. The van der Waals surface area contributed by atoms with Crippen LogP contribution in [-0.2, 0) is 16.1 Å². The lowest BCUT2D eigenvalue weighted by Gasteiger charge is -2.08. The van der Waals surface area contributed by atoms with Crippen molar-refractivity contribution in [1.29, 1.82) is 0 Å². The zero-order valence-electron chi connectivity index (χ0n) is 11.7. The van der Waals surface area contributed by atoms with E-state index in [0.29, 0.717) is 13.0 Å². The molecule has 110 valence electrons. The van der Waals surface area contributed by atoms with Gasteiger partial charge in [-0.15, -0.1) is 0 Å². The number of amides is 1. The highest BCUT2D eigenvalue weighted by Crippen LogP contribution is 2.07. The molecule has 0 heterocycles. The van der Waals surface area contributed by atoms with Crippen molar-refractivity contribution in [3.63, 3.8) is 0 Å². The first kappa shape index (κ1) is 16.0. The Bertz CT molecular complexity index is 419. The maximum atomic E-state index is 11.4. The minimum atomic E-state index is -0.778. The summed E-state index contributed by atoms with van der Waals surface area (Å²) in [5, 5.41) is 11.4. The standard InChI is InChI=1S/C15H21NO4/c1-12(14(17)18)7-5-6-10-16-15(19)20-11-13-8-3-2-4-9-13/h2-4,8-9,12H,5-7,10-11H2,1H3,(H,16,19)(H,17,18)/t12-/m1/s1.